The molecule has 1 fully saturated rings. The van der Waals surface area contributed by atoms with Crippen molar-refractivity contribution in [3.63, 3.8) is 0 Å². The van der Waals surface area contributed by atoms with Crippen molar-refractivity contribution in [1.29, 1.82) is 0 Å². The molecule has 130 valence electrons. The van der Waals surface area contributed by atoms with Crippen molar-refractivity contribution in [2.45, 2.75) is 71.4 Å². The number of pyridine rings is 1. The first-order valence-electron chi connectivity index (χ1n) is 9.03. The molecule has 0 radical (unpaired) electrons. The summed E-state index contributed by atoms with van der Waals surface area (Å²) in [6, 6.07) is 3.02. The summed E-state index contributed by atoms with van der Waals surface area (Å²) >= 11 is 0. The summed E-state index contributed by atoms with van der Waals surface area (Å²) in [6.45, 7) is 6.22. The van der Waals surface area contributed by atoms with E-state index < -0.39 is 0 Å². The maximum absolute atomic E-state index is 5.29. The Morgan fingerprint density at radius 1 is 1.25 bits per heavy atom. The van der Waals surface area contributed by atoms with E-state index in [1.165, 1.54) is 25.7 Å². The highest BCUT2D eigenvalue weighted by Gasteiger charge is 2.19. The number of rotatable bonds is 7. The fourth-order valence-corrected chi connectivity index (χ4v) is 3.20. The van der Waals surface area contributed by atoms with E-state index >= 15 is 0 Å². The van der Waals surface area contributed by atoms with E-state index in [-0.39, 0.29) is 0 Å². The average Bonchev–Trinajstić information content (AvgIpc) is 3.25. The normalized spacial score (nSPS) is 15.2. The maximum Gasteiger partial charge on any atom is 0.259 e. The minimum atomic E-state index is 0.426. The summed E-state index contributed by atoms with van der Waals surface area (Å²) < 4.78 is 5.29. The molecule has 2 N–H and O–H groups in total. The maximum atomic E-state index is 5.29. The zero-order valence-electron chi connectivity index (χ0n) is 14.8. The van der Waals surface area contributed by atoms with E-state index in [2.05, 4.69) is 45.7 Å². The molecule has 6 nitrogen and oxygen atoms in total. The summed E-state index contributed by atoms with van der Waals surface area (Å²) in [6.07, 6.45) is 8.99. The Morgan fingerprint density at radius 2 is 2.00 bits per heavy atom. The summed E-state index contributed by atoms with van der Waals surface area (Å²) in [5.74, 6) is 2.07. The highest BCUT2D eigenvalue weighted by atomic mass is 16.5. The van der Waals surface area contributed by atoms with Crippen LogP contribution in [0.15, 0.2) is 16.8 Å². The topological polar surface area (TPSA) is 75.9 Å². The number of aromatic nitrogens is 3. The molecule has 1 aliphatic rings. The SMILES string of the molecule is CCC(CC)Nc1cc(-c2nc(C)no2)cnc1NC1CCCC1. The molecule has 0 spiro atoms. The van der Waals surface area contributed by atoms with Gasteiger partial charge in [-0.3, -0.25) is 0 Å². The molecular formula is C18H27N5O. The highest BCUT2D eigenvalue weighted by molar-refractivity contribution is 5.71. The number of anilines is 2. The number of nitrogens with one attached hydrogen (secondary N) is 2. The molecule has 0 unspecified atom stereocenters. The molecule has 0 atom stereocenters. The molecule has 0 saturated heterocycles. The molecular weight excluding hydrogens is 302 g/mol. The van der Waals surface area contributed by atoms with Gasteiger partial charge in [0.1, 0.15) is 5.82 Å². The third-order valence-corrected chi connectivity index (χ3v) is 4.70. The first kappa shape index (κ1) is 16.7. The van der Waals surface area contributed by atoms with Gasteiger partial charge in [-0.05, 0) is 38.7 Å². The van der Waals surface area contributed by atoms with Gasteiger partial charge in [-0.15, -0.1) is 0 Å². The van der Waals surface area contributed by atoms with Gasteiger partial charge in [0, 0.05) is 18.3 Å². The number of hydrogen-bond donors (Lipinski definition) is 2. The van der Waals surface area contributed by atoms with Gasteiger partial charge in [0.2, 0.25) is 0 Å². The van der Waals surface area contributed by atoms with Crippen molar-refractivity contribution in [1.82, 2.24) is 15.1 Å². The molecule has 3 rings (SSSR count). The first-order chi connectivity index (χ1) is 11.7. The van der Waals surface area contributed by atoms with Gasteiger partial charge < -0.3 is 15.2 Å². The smallest absolute Gasteiger partial charge is 0.259 e. The molecule has 0 amide bonds. The lowest BCUT2D eigenvalue weighted by Gasteiger charge is -2.21. The van der Waals surface area contributed by atoms with Crippen molar-refractivity contribution in [3.05, 3.63) is 18.1 Å². The summed E-state index contributed by atoms with van der Waals surface area (Å²) in [5.41, 5.74) is 1.87. The molecule has 1 aliphatic carbocycles. The monoisotopic (exact) mass is 329 g/mol. The number of aryl methyl sites for hydroxylation is 1. The van der Waals surface area contributed by atoms with E-state index in [4.69, 9.17) is 4.52 Å². The van der Waals surface area contributed by atoms with Crippen LogP contribution in [0.4, 0.5) is 11.5 Å². The second-order valence-corrected chi connectivity index (χ2v) is 6.55. The molecule has 24 heavy (non-hydrogen) atoms. The first-order valence-corrected chi connectivity index (χ1v) is 9.03. The number of hydrogen-bond acceptors (Lipinski definition) is 6. The van der Waals surface area contributed by atoms with Crippen molar-refractivity contribution in [3.8, 4) is 11.5 Å². The molecule has 0 aliphatic heterocycles. The molecule has 2 aromatic heterocycles. The lowest BCUT2D eigenvalue weighted by molar-refractivity contribution is 0.425. The van der Waals surface area contributed by atoms with Gasteiger partial charge in [0.15, 0.2) is 5.82 Å². The quantitative estimate of drug-likeness (QED) is 0.784. The highest BCUT2D eigenvalue weighted by Crippen LogP contribution is 2.30. The van der Waals surface area contributed by atoms with Gasteiger partial charge >= 0.3 is 0 Å². The predicted molar refractivity (Wildman–Crippen MR) is 96.1 cm³/mol. The Kier molecular flexibility index (Phi) is 5.33. The van der Waals surface area contributed by atoms with Gasteiger partial charge in [-0.1, -0.05) is 31.8 Å². The molecule has 2 heterocycles. The van der Waals surface area contributed by atoms with Crippen LogP contribution >= 0.6 is 0 Å². The Bertz CT molecular complexity index is 659. The average molecular weight is 329 g/mol. The van der Waals surface area contributed by atoms with Crippen molar-refractivity contribution in [2.24, 2.45) is 0 Å². The van der Waals surface area contributed by atoms with Crippen LogP contribution in [0.1, 0.15) is 58.2 Å². The van der Waals surface area contributed by atoms with Gasteiger partial charge in [0.25, 0.3) is 5.89 Å². The van der Waals surface area contributed by atoms with Gasteiger partial charge in [-0.2, -0.15) is 4.98 Å². The van der Waals surface area contributed by atoms with E-state index in [9.17, 15) is 0 Å². The van der Waals surface area contributed by atoms with E-state index in [1.54, 1.807) is 0 Å². The molecule has 2 aromatic rings. The summed E-state index contributed by atoms with van der Waals surface area (Å²) in [7, 11) is 0. The fraction of sp³-hybridized carbons (Fsp3) is 0.611. The van der Waals surface area contributed by atoms with Crippen LogP contribution in [0, 0.1) is 6.92 Å². The van der Waals surface area contributed by atoms with E-state index in [1.807, 2.05) is 13.1 Å². The summed E-state index contributed by atoms with van der Waals surface area (Å²) in [5, 5.41) is 11.1. The summed E-state index contributed by atoms with van der Waals surface area (Å²) in [4.78, 5) is 8.96. The van der Waals surface area contributed by atoms with Crippen LogP contribution in [0.2, 0.25) is 0 Å². The van der Waals surface area contributed by atoms with Crippen molar-refractivity contribution in [2.75, 3.05) is 10.6 Å². The van der Waals surface area contributed by atoms with Gasteiger partial charge in [0.05, 0.1) is 11.3 Å². The molecule has 0 aromatic carbocycles. The van der Waals surface area contributed by atoms with Crippen LogP contribution in [-0.2, 0) is 0 Å². The zero-order valence-corrected chi connectivity index (χ0v) is 14.8. The third-order valence-electron chi connectivity index (χ3n) is 4.70. The second kappa shape index (κ2) is 7.64. The molecule has 6 heteroatoms. The standard InChI is InChI=1S/C18H27N5O/c1-4-14(5-2)21-16-10-13(18-20-12(3)23-24-18)11-19-17(16)22-15-8-6-7-9-15/h10-11,14-15,21H,4-9H2,1-3H3,(H,19,22). The third kappa shape index (κ3) is 3.86. The van der Waals surface area contributed by atoms with Crippen LogP contribution in [0.25, 0.3) is 11.5 Å². The molecule has 1 saturated carbocycles. The van der Waals surface area contributed by atoms with Gasteiger partial charge in [-0.25, -0.2) is 4.98 Å². The van der Waals surface area contributed by atoms with Crippen LogP contribution in [0.5, 0.6) is 0 Å². The Labute approximate surface area is 143 Å². The van der Waals surface area contributed by atoms with Crippen LogP contribution < -0.4 is 10.6 Å². The zero-order chi connectivity index (χ0) is 16.9. The van der Waals surface area contributed by atoms with E-state index in [0.717, 1.165) is 29.9 Å². The fourth-order valence-electron chi connectivity index (χ4n) is 3.20. The minimum absolute atomic E-state index is 0.426. The Morgan fingerprint density at radius 3 is 2.62 bits per heavy atom. The van der Waals surface area contributed by atoms with E-state index in [0.29, 0.717) is 23.8 Å². The van der Waals surface area contributed by atoms with Crippen molar-refractivity contribution < 1.29 is 4.52 Å². The van der Waals surface area contributed by atoms with Crippen molar-refractivity contribution >= 4 is 11.5 Å². The van der Waals surface area contributed by atoms with Crippen LogP contribution in [0.3, 0.4) is 0 Å². The Hall–Kier alpha value is -2.11. The largest absolute Gasteiger partial charge is 0.379 e. The predicted octanol–water partition coefficient (Wildman–Crippen LogP) is 4.40. The minimum Gasteiger partial charge on any atom is -0.379 e. The molecule has 0 bridgehead atoms. The second-order valence-electron chi connectivity index (χ2n) is 6.55. The lowest BCUT2D eigenvalue weighted by atomic mass is 10.1. The number of nitrogens with zero attached hydrogens (tertiary/aromatic N) is 3. The lowest BCUT2D eigenvalue weighted by Crippen LogP contribution is -2.21. The van der Waals surface area contributed by atoms with Crippen LogP contribution in [-0.4, -0.2) is 27.2 Å². The Balaban J connectivity index is 1.88.